The highest BCUT2D eigenvalue weighted by atomic mass is 14.6. The van der Waals surface area contributed by atoms with Crippen molar-refractivity contribution in [2.24, 2.45) is 17.6 Å². The van der Waals surface area contributed by atoms with E-state index in [4.69, 9.17) is 5.73 Å². The maximum absolute atomic E-state index is 6.08. The van der Waals surface area contributed by atoms with Gasteiger partial charge in [0.05, 0.1) is 0 Å². The van der Waals surface area contributed by atoms with E-state index in [-0.39, 0.29) is 6.04 Å². The van der Waals surface area contributed by atoms with Crippen molar-refractivity contribution in [2.75, 3.05) is 0 Å². The molecule has 2 aliphatic rings. The molecule has 3 atom stereocenters. The van der Waals surface area contributed by atoms with Crippen LogP contribution in [0.25, 0.3) is 0 Å². The standard InChI is InChI=1S/C17H25N.C2H6/c1-10-4-13-9-14-5-11(2)7-16(14)17(8-12(3)18)15(13)6-10;1-2/h9-12H,4-8,18H2,1-3H3;1-2H3. The van der Waals surface area contributed by atoms with Crippen molar-refractivity contribution in [1.82, 2.24) is 0 Å². The third-order valence-electron chi connectivity index (χ3n) is 4.62. The van der Waals surface area contributed by atoms with Gasteiger partial charge in [-0.25, -0.2) is 0 Å². The third-order valence-corrected chi connectivity index (χ3v) is 4.62. The Labute approximate surface area is 125 Å². The van der Waals surface area contributed by atoms with Crippen LogP contribution in [0.1, 0.15) is 62.4 Å². The van der Waals surface area contributed by atoms with Crippen molar-refractivity contribution in [3.05, 3.63) is 33.9 Å². The van der Waals surface area contributed by atoms with Gasteiger partial charge in [-0.05, 0) is 78.7 Å². The van der Waals surface area contributed by atoms with E-state index < -0.39 is 0 Å². The average Bonchev–Trinajstić information content (AvgIpc) is 2.92. The Morgan fingerprint density at radius 2 is 1.45 bits per heavy atom. The van der Waals surface area contributed by atoms with E-state index >= 15 is 0 Å². The molecule has 0 saturated heterocycles. The molecule has 0 aromatic heterocycles. The van der Waals surface area contributed by atoms with Crippen LogP contribution >= 0.6 is 0 Å². The van der Waals surface area contributed by atoms with Crippen LogP contribution in [0.4, 0.5) is 0 Å². The fourth-order valence-corrected chi connectivity index (χ4v) is 3.99. The Morgan fingerprint density at radius 3 is 1.85 bits per heavy atom. The third kappa shape index (κ3) is 2.93. The average molecular weight is 273 g/mol. The molecular formula is C19H31N. The van der Waals surface area contributed by atoms with E-state index in [1.165, 1.54) is 25.7 Å². The molecule has 0 heterocycles. The van der Waals surface area contributed by atoms with Gasteiger partial charge in [-0.15, -0.1) is 0 Å². The lowest BCUT2D eigenvalue weighted by Gasteiger charge is -2.16. The van der Waals surface area contributed by atoms with Crippen molar-refractivity contribution >= 4 is 0 Å². The highest BCUT2D eigenvalue weighted by Crippen LogP contribution is 2.38. The highest BCUT2D eigenvalue weighted by Gasteiger charge is 2.28. The number of benzene rings is 1. The zero-order valence-corrected chi connectivity index (χ0v) is 13.9. The first kappa shape index (κ1) is 15.6. The SMILES string of the molecule is CC.CC(N)Cc1c2c(cc3c1CC(C)C3)CC(C)C2. The minimum atomic E-state index is 0.285. The monoisotopic (exact) mass is 273 g/mol. The Morgan fingerprint density at radius 1 is 1.00 bits per heavy atom. The van der Waals surface area contributed by atoms with Crippen LogP contribution in [0, 0.1) is 11.8 Å². The van der Waals surface area contributed by atoms with Gasteiger partial charge in [0.2, 0.25) is 0 Å². The molecule has 1 aromatic carbocycles. The quantitative estimate of drug-likeness (QED) is 0.863. The summed E-state index contributed by atoms with van der Waals surface area (Å²) in [5, 5.41) is 0. The van der Waals surface area contributed by atoms with Gasteiger partial charge in [-0.2, -0.15) is 0 Å². The summed E-state index contributed by atoms with van der Waals surface area (Å²) >= 11 is 0. The fraction of sp³-hybridized carbons (Fsp3) is 0.684. The van der Waals surface area contributed by atoms with Crippen molar-refractivity contribution in [1.29, 1.82) is 0 Å². The molecule has 0 bridgehead atoms. The number of rotatable bonds is 2. The zero-order valence-electron chi connectivity index (χ0n) is 13.9. The van der Waals surface area contributed by atoms with Crippen molar-refractivity contribution in [3.63, 3.8) is 0 Å². The summed E-state index contributed by atoms with van der Waals surface area (Å²) in [6.07, 6.45) is 6.19. The maximum atomic E-state index is 6.08. The van der Waals surface area contributed by atoms with Crippen LogP contribution in [0.15, 0.2) is 6.07 Å². The van der Waals surface area contributed by atoms with Gasteiger partial charge in [0.1, 0.15) is 0 Å². The summed E-state index contributed by atoms with van der Waals surface area (Å²) in [4.78, 5) is 0. The summed E-state index contributed by atoms with van der Waals surface area (Å²) in [7, 11) is 0. The molecule has 20 heavy (non-hydrogen) atoms. The molecule has 0 radical (unpaired) electrons. The van der Waals surface area contributed by atoms with E-state index in [2.05, 4.69) is 26.8 Å². The minimum absolute atomic E-state index is 0.285. The highest BCUT2D eigenvalue weighted by molar-refractivity contribution is 5.51. The van der Waals surface area contributed by atoms with Crippen LogP contribution in [0.5, 0.6) is 0 Å². The van der Waals surface area contributed by atoms with Gasteiger partial charge in [-0.3, -0.25) is 0 Å². The second kappa shape index (κ2) is 6.30. The van der Waals surface area contributed by atoms with E-state index in [0.29, 0.717) is 0 Å². The lowest BCUT2D eigenvalue weighted by molar-refractivity contribution is 0.614. The van der Waals surface area contributed by atoms with Gasteiger partial charge >= 0.3 is 0 Å². The summed E-state index contributed by atoms with van der Waals surface area (Å²) in [6, 6.07) is 2.80. The van der Waals surface area contributed by atoms with Gasteiger partial charge in [0.25, 0.3) is 0 Å². The molecule has 0 aliphatic heterocycles. The molecule has 3 rings (SSSR count). The van der Waals surface area contributed by atoms with Gasteiger partial charge in [0, 0.05) is 6.04 Å². The van der Waals surface area contributed by atoms with E-state index in [0.717, 1.165) is 18.3 Å². The van der Waals surface area contributed by atoms with Gasteiger partial charge in [-0.1, -0.05) is 33.8 Å². The second-order valence-corrected chi connectivity index (χ2v) is 6.84. The molecule has 1 heteroatoms. The topological polar surface area (TPSA) is 26.0 Å². The van der Waals surface area contributed by atoms with Crippen LogP contribution < -0.4 is 5.73 Å². The summed E-state index contributed by atoms with van der Waals surface area (Å²) in [5.41, 5.74) is 14.3. The van der Waals surface area contributed by atoms with Crippen molar-refractivity contribution in [3.8, 4) is 0 Å². The summed E-state index contributed by atoms with van der Waals surface area (Å²) in [6.45, 7) is 10.9. The molecular weight excluding hydrogens is 242 g/mol. The molecule has 1 aromatic rings. The van der Waals surface area contributed by atoms with Gasteiger partial charge < -0.3 is 5.73 Å². The number of hydrogen-bond donors (Lipinski definition) is 1. The van der Waals surface area contributed by atoms with Crippen LogP contribution in [-0.2, 0) is 32.1 Å². The molecule has 2 aliphatic carbocycles. The van der Waals surface area contributed by atoms with E-state index in [9.17, 15) is 0 Å². The first-order valence-electron chi connectivity index (χ1n) is 8.45. The van der Waals surface area contributed by atoms with Crippen LogP contribution in [0.2, 0.25) is 0 Å². The Balaban J connectivity index is 0.000000704. The first-order chi connectivity index (χ1) is 9.54. The molecule has 112 valence electrons. The Bertz CT molecular complexity index is 437. The normalized spacial score (nSPS) is 24.7. The van der Waals surface area contributed by atoms with Crippen LogP contribution in [0.3, 0.4) is 0 Å². The molecule has 1 nitrogen and oxygen atoms in total. The number of nitrogens with two attached hydrogens (primary N) is 1. The fourth-order valence-electron chi connectivity index (χ4n) is 3.99. The molecule has 0 saturated carbocycles. The molecule has 0 spiro atoms. The van der Waals surface area contributed by atoms with E-state index in [1.807, 2.05) is 13.8 Å². The maximum Gasteiger partial charge on any atom is 0.00511 e. The lowest BCUT2D eigenvalue weighted by atomic mass is 9.90. The Hall–Kier alpha value is -0.820. The predicted octanol–water partition coefficient (Wildman–Crippen LogP) is 4.07. The predicted molar refractivity (Wildman–Crippen MR) is 88.3 cm³/mol. The van der Waals surface area contributed by atoms with Crippen LogP contribution in [-0.4, -0.2) is 6.04 Å². The smallest absolute Gasteiger partial charge is 0.00511 e. The number of hydrogen-bond acceptors (Lipinski definition) is 1. The largest absolute Gasteiger partial charge is 0.328 e. The van der Waals surface area contributed by atoms with Gasteiger partial charge in [0.15, 0.2) is 0 Å². The lowest BCUT2D eigenvalue weighted by Crippen LogP contribution is -2.20. The summed E-state index contributed by atoms with van der Waals surface area (Å²) in [5.74, 6) is 1.65. The summed E-state index contributed by atoms with van der Waals surface area (Å²) < 4.78 is 0. The zero-order chi connectivity index (χ0) is 14.9. The molecule has 0 amide bonds. The molecule has 2 N–H and O–H groups in total. The Kier molecular flexibility index (Phi) is 4.90. The first-order valence-corrected chi connectivity index (χ1v) is 8.45. The van der Waals surface area contributed by atoms with E-state index in [1.54, 1.807) is 27.8 Å². The minimum Gasteiger partial charge on any atom is -0.328 e. The molecule has 0 fully saturated rings. The van der Waals surface area contributed by atoms with Crippen molar-refractivity contribution < 1.29 is 0 Å². The van der Waals surface area contributed by atoms with Crippen molar-refractivity contribution in [2.45, 2.75) is 72.8 Å². The second-order valence-electron chi connectivity index (χ2n) is 6.84. The number of fused-ring (bicyclic) bond motifs is 2. The molecule has 3 unspecified atom stereocenters.